The Morgan fingerprint density at radius 2 is 1.68 bits per heavy atom. The molecule has 0 aromatic heterocycles. The Hall–Kier alpha value is -2.75. The van der Waals surface area contributed by atoms with Crippen LogP contribution in [0.2, 0.25) is 0 Å². The van der Waals surface area contributed by atoms with Crippen LogP contribution in [-0.4, -0.2) is 12.6 Å². The number of rotatable bonds is 2. The molecule has 0 N–H and O–H groups in total. The van der Waals surface area contributed by atoms with E-state index < -0.39 is 0 Å². The maximum absolute atomic E-state index is 12.7. The molecule has 0 fully saturated rings. The largest absolute Gasteiger partial charge is 0.489 e. The van der Waals surface area contributed by atoms with Gasteiger partial charge in [-0.15, -0.1) is 0 Å². The molecule has 0 radical (unpaired) electrons. The Morgan fingerprint density at radius 3 is 2.56 bits per heavy atom. The summed E-state index contributed by atoms with van der Waals surface area (Å²) < 4.78 is 17.0. The fourth-order valence-electron chi connectivity index (χ4n) is 3.92. The molecule has 0 saturated heterocycles. The van der Waals surface area contributed by atoms with Crippen LogP contribution in [0.15, 0.2) is 59.9 Å². The van der Waals surface area contributed by atoms with E-state index in [0.717, 1.165) is 40.4 Å². The van der Waals surface area contributed by atoms with Crippen molar-refractivity contribution in [3.05, 3.63) is 71.0 Å². The molecular formula is C21H18O4. The van der Waals surface area contributed by atoms with Crippen LogP contribution in [0.3, 0.4) is 0 Å². The van der Waals surface area contributed by atoms with Crippen molar-refractivity contribution < 1.29 is 19.0 Å². The van der Waals surface area contributed by atoms with Crippen molar-refractivity contribution in [2.45, 2.75) is 31.3 Å². The first-order valence-corrected chi connectivity index (χ1v) is 8.64. The van der Waals surface area contributed by atoms with E-state index in [1.54, 1.807) is 0 Å². The maximum atomic E-state index is 12.7. The topological polar surface area (TPSA) is 44.8 Å². The van der Waals surface area contributed by atoms with Gasteiger partial charge in [-0.05, 0) is 29.2 Å². The van der Waals surface area contributed by atoms with Gasteiger partial charge >= 0.3 is 0 Å². The quantitative estimate of drug-likeness (QED) is 0.822. The summed E-state index contributed by atoms with van der Waals surface area (Å²) >= 11 is 0. The van der Waals surface area contributed by atoms with Gasteiger partial charge in [-0.1, -0.05) is 36.4 Å². The minimum Gasteiger partial charge on any atom is -0.489 e. The Morgan fingerprint density at radius 1 is 0.840 bits per heavy atom. The molecule has 25 heavy (non-hydrogen) atoms. The molecule has 0 amide bonds. The second-order valence-corrected chi connectivity index (χ2v) is 6.76. The third-order valence-electron chi connectivity index (χ3n) is 5.25. The minimum absolute atomic E-state index is 0.0364. The standard InChI is InChI=1S/C21H18O4/c22-17-8-15(14-6-7-18-21(9-14)24-12-23-18)10-20-16(17)11-19(25-20)13-4-2-1-3-5-13/h1-7,9,15,19H,8,10-12H2. The first-order chi connectivity index (χ1) is 12.3. The van der Waals surface area contributed by atoms with Gasteiger partial charge in [0.05, 0.1) is 0 Å². The van der Waals surface area contributed by atoms with Gasteiger partial charge in [-0.25, -0.2) is 0 Å². The molecule has 3 aliphatic rings. The first kappa shape index (κ1) is 14.6. The van der Waals surface area contributed by atoms with Gasteiger partial charge in [0, 0.05) is 24.8 Å². The van der Waals surface area contributed by atoms with Crippen LogP contribution in [0, 0.1) is 0 Å². The normalized spacial score (nSPS) is 24.2. The number of carbonyl (C=O) groups excluding carboxylic acids is 1. The highest BCUT2D eigenvalue weighted by Gasteiger charge is 2.37. The smallest absolute Gasteiger partial charge is 0.231 e. The number of carbonyl (C=O) groups is 1. The zero-order valence-corrected chi connectivity index (χ0v) is 13.7. The van der Waals surface area contributed by atoms with E-state index in [9.17, 15) is 4.79 Å². The monoisotopic (exact) mass is 334 g/mol. The molecule has 0 bridgehead atoms. The van der Waals surface area contributed by atoms with Gasteiger partial charge in [0.1, 0.15) is 11.9 Å². The Bertz CT molecular complexity index is 869. The molecule has 4 nitrogen and oxygen atoms in total. The van der Waals surface area contributed by atoms with Crippen LogP contribution in [0.5, 0.6) is 11.5 Å². The van der Waals surface area contributed by atoms with E-state index in [1.165, 1.54) is 0 Å². The lowest BCUT2D eigenvalue weighted by Crippen LogP contribution is -2.16. The van der Waals surface area contributed by atoms with Crippen molar-refractivity contribution >= 4 is 5.78 Å². The molecular weight excluding hydrogens is 316 g/mol. The zero-order valence-electron chi connectivity index (χ0n) is 13.7. The minimum atomic E-state index is -0.0364. The third kappa shape index (κ3) is 2.49. The lowest BCUT2D eigenvalue weighted by Gasteiger charge is -2.22. The summed E-state index contributed by atoms with van der Waals surface area (Å²) in [5, 5.41) is 0. The summed E-state index contributed by atoms with van der Waals surface area (Å²) in [6, 6.07) is 16.1. The maximum Gasteiger partial charge on any atom is 0.231 e. The molecule has 2 unspecified atom stereocenters. The number of Topliss-reactive ketones (excluding diaryl/α,β-unsaturated/α-hetero) is 1. The van der Waals surface area contributed by atoms with Gasteiger partial charge in [-0.3, -0.25) is 4.79 Å². The van der Waals surface area contributed by atoms with Crippen LogP contribution in [0.25, 0.3) is 0 Å². The lowest BCUT2D eigenvalue weighted by molar-refractivity contribution is -0.116. The number of allylic oxidation sites excluding steroid dienone is 1. The summed E-state index contributed by atoms with van der Waals surface area (Å²) in [5.74, 6) is 2.75. The van der Waals surface area contributed by atoms with Gasteiger partial charge in [0.2, 0.25) is 6.79 Å². The molecule has 2 atom stereocenters. The molecule has 2 aromatic rings. The fourth-order valence-corrected chi connectivity index (χ4v) is 3.92. The van der Waals surface area contributed by atoms with Crippen molar-refractivity contribution in [1.82, 2.24) is 0 Å². The van der Waals surface area contributed by atoms with Gasteiger partial charge < -0.3 is 14.2 Å². The predicted molar refractivity (Wildman–Crippen MR) is 91.5 cm³/mol. The highest BCUT2D eigenvalue weighted by Crippen LogP contribution is 2.46. The van der Waals surface area contributed by atoms with Crippen LogP contribution in [0.4, 0.5) is 0 Å². The van der Waals surface area contributed by atoms with E-state index in [-0.39, 0.29) is 24.6 Å². The highest BCUT2D eigenvalue weighted by molar-refractivity contribution is 5.97. The van der Waals surface area contributed by atoms with Crippen LogP contribution < -0.4 is 9.47 Å². The Kier molecular flexibility index (Phi) is 3.30. The summed E-state index contributed by atoms with van der Waals surface area (Å²) in [6.45, 7) is 0.263. The molecule has 1 aliphatic carbocycles. The van der Waals surface area contributed by atoms with Gasteiger partial charge in [-0.2, -0.15) is 0 Å². The summed E-state index contributed by atoms with van der Waals surface area (Å²) in [7, 11) is 0. The molecule has 4 heteroatoms. The van der Waals surface area contributed by atoms with Gasteiger partial charge in [0.15, 0.2) is 17.3 Å². The first-order valence-electron chi connectivity index (χ1n) is 8.64. The molecule has 2 heterocycles. The van der Waals surface area contributed by atoms with E-state index >= 15 is 0 Å². The Balaban J connectivity index is 1.39. The molecule has 126 valence electrons. The van der Waals surface area contributed by atoms with E-state index in [0.29, 0.717) is 12.8 Å². The molecule has 5 rings (SSSR count). The van der Waals surface area contributed by atoms with Crippen molar-refractivity contribution in [3.63, 3.8) is 0 Å². The number of hydrogen-bond donors (Lipinski definition) is 0. The lowest BCUT2D eigenvalue weighted by atomic mass is 9.82. The highest BCUT2D eigenvalue weighted by atomic mass is 16.7. The van der Waals surface area contributed by atoms with Crippen molar-refractivity contribution in [3.8, 4) is 11.5 Å². The number of fused-ring (bicyclic) bond motifs is 1. The number of ether oxygens (including phenoxy) is 3. The second kappa shape index (κ2) is 5.66. The molecule has 0 saturated carbocycles. The summed E-state index contributed by atoms with van der Waals surface area (Å²) in [5.41, 5.74) is 3.12. The average molecular weight is 334 g/mol. The molecule has 2 aliphatic heterocycles. The molecule has 0 spiro atoms. The zero-order chi connectivity index (χ0) is 16.8. The predicted octanol–water partition coefficient (Wildman–Crippen LogP) is 4.28. The van der Waals surface area contributed by atoms with E-state index in [1.807, 2.05) is 36.4 Å². The second-order valence-electron chi connectivity index (χ2n) is 6.76. The Labute approximate surface area is 146 Å². The number of hydrogen-bond acceptors (Lipinski definition) is 4. The van der Waals surface area contributed by atoms with Crippen molar-refractivity contribution in [2.24, 2.45) is 0 Å². The van der Waals surface area contributed by atoms with Crippen molar-refractivity contribution in [2.75, 3.05) is 6.79 Å². The van der Waals surface area contributed by atoms with Crippen LogP contribution >= 0.6 is 0 Å². The fraction of sp³-hybridized carbons (Fsp3) is 0.286. The van der Waals surface area contributed by atoms with Crippen LogP contribution in [0.1, 0.15) is 42.4 Å². The van der Waals surface area contributed by atoms with Gasteiger partial charge in [0.25, 0.3) is 0 Å². The average Bonchev–Trinajstić information content (AvgIpc) is 3.28. The van der Waals surface area contributed by atoms with E-state index in [4.69, 9.17) is 14.2 Å². The number of benzene rings is 2. The summed E-state index contributed by atoms with van der Waals surface area (Å²) in [4.78, 5) is 12.7. The molecule has 2 aromatic carbocycles. The van der Waals surface area contributed by atoms with Crippen LogP contribution in [-0.2, 0) is 9.53 Å². The van der Waals surface area contributed by atoms with Crippen molar-refractivity contribution in [1.29, 1.82) is 0 Å². The number of ketones is 1. The summed E-state index contributed by atoms with van der Waals surface area (Å²) in [6.07, 6.45) is 1.95. The SMILES string of the molecule is O=C1CC(c2ccc3c(c2)OCO3)CC2=C1CC(c1ccccc1)O2. The van der Waals surface area contributed by atoms with E-state index in [2.05, 4.69) is 12.1 Å². The third-order valence-corrected chi connectivity index (χ3v) is 5.25.